The highest BCUT2D eigenvalue weighted by molar-refractivity contribution is 8.09. The molecule has 11 heteroatoms. The van der Waals surface area contributed by atoms with Crippen LogP contribution < -0.4 is 11.2 Å². The predicted molar refractivity (Wildman–Crippen MR) is 109 cm³/mol. The van der Waals surface area contributed by atoms with E-state index in [0.717, 1.165) is 23.9 Å². The molecule has 3 aromatic rings. The van der Waals surface area contributed by atoms with Crippen molar-refractivity contribution < 1.29 is 22.7 Å². The average molecular weight is 458 g/mol. The standard InChI is InChI=1S/C19H14F4N2O3S2/c20-9-3-1-8(2-4-9)14-11(19(21,22)23)5-10-15(24-18(28)25-17(10)27)16(14)29-7-13-12(6-26)30-13/h1-5,12-13,26H,6-7H2,(H2,24,25,27,28). The van der Waals surface area contributed by atoms with Crippen LogP contribution in [0.5, 0.6) is 0 Å². The molecule has 30 heavy (non-hydrogen) atoms. The van der Waals surface area contributed by atoms with Crippen LogP contribution in [-0.4, -0.2) is 37.9 Å². The van der Waals surface area contributed by atoms with E-state index in [9.17, 15) is 32.3 Å². The van der Waals surface area contributed by atoms with Crippen LogP contribution in [-0.2, 0) is 6.18 Å². The number of alkyl halides is 3. The molecule has 158 valence electrons. The Kier molecular flexibility index (Phi) is 5.45. The summed E-state index contributed by atoms with van der Waals surface area (Å²) in [7, 11) is 0. The number of aliphatic hydroxyl groups is 1. The Bertz CT molecular complexity index is 1220. The second-order valence-corrected chi connectivity index (χ2v) is 9.18. The fraction of sp³-hybridized carbons (Fsp3) is 0.263. The van der Waals surface area contributed by atoms with Crippen LogP contribution in [0.2, 0.25) is 0 Å². The number of hydrogen-bond donors (Lipinski definition) is 3. The second kappa shape index (κ2) is 7.78. The zero-order valence-corrected chi connectivity index (χ0v) is 16.7. The highest BCUT2D eigenvalue weighted by atomic mass is 32.2. The van der Waals surface area contributed by atoms with E-state index in [0.29, 0.717) is 11.8 Å². The topological polar surface area (TPSA) is 85.9 Å². The third-order valence-corrected chi connectivity index (χ3v) is 7.48. The van der Waals surface area contributed by atoms with Crippen molar-refractivity contribution >= 4 is 34.4 Å². The minimum atomic E-state index is -4.79. The maximum atomic E-state index is 14.0. The van der Waals surface area contributed by atoms with Gasteiger partial charge in [-0.15, -0.1) is 23.5 Å². The molecular formula is C19H14F4N2O3S2. The summed E-state index contributed by atoms with van der Waals surface area (Å²) in [5.74, 6) is -0.234. The molecule has 0 saturated carbocycles. The van der Waals surface area contributed by atoms with Crippen molar-refractivity contribution in [2.75, 3.05) is 12.4 Å². The Morgan fingerprint density at radius 1 is 1.10 bits per heavy atom. The summed E-state index contributed by atoms with van der Waals surface area (Å²) in [5, 5.41) is 8.97. The van der Waals surface area contributed by atoms with Crippen LogP contribution in [0.4, 0.5) is 17.6 Å². The maximum Gasteiger partial charge on any atom is 0.417 e. The summed E-state index contributed by atoms with van der Waals surface area (Å²) < 4.78 is 55.3. The Labute approximate surface area is 174 Å². The van der Waals surface area contributed by atoms with Gasteiger partial charge in [0.15, 0.2) is 0 Å². The third kappa shape index (κ3) is 4.01. The third-order valence-electron chi connectivity index (χ3n) is 4.69. The first-order chi connectivity index (χ1) is 14.2. The maximum absolute atomic E-state index is 14.0. The minimum Gasteiger partial charge on any atom is -0.395 e. The van der Waals surface area contributed by atoms with Gasteiger partial charge in [-0.2, -0.15) is 13.2 Å². The van der Waals surface area contributed by atoms with Gasteiger partial charge in [-0.1, -0.05) is 12.1 Å². The number of fused-ring (bicyclic) bond motifs is 1. The van der Waals surface area contributed by atoms with E-state index in [4.69, 9.17) is 0 Å². The number of aliphatic hydroxyl groups excluding tert-OH is 1. The average Bonchev–Trinajstić information content (AvgIpc) is 3.44. The van der Waals surface area contributed by atoms with Gasteiger partial charge in [0.25, 0.3) is 5.56 Å². The highest BCUT2D eigenvalue weighted by Crippen LogP contribution is 2.48. The number of hydrogen-bond acceptors (Lipinski definition) is 5. The SMILES string of the molecule is O=c1[nH]c(=O)c2cc(C(F)(F)F)c(-c3ccc(F)cc3)c(SCC3SC3CO)c2[nH]1. The van der Waals surface area contributed by atoms with Gasteiger partial charge < -0.3 is 10.1 Å². The summed E-state index contributed by atoms with van der Waals surface area (Å²) in [6, 6.07) is 5.25. The molecule has 1 aliphatic rings. The van der Waals surface area contributed by atoms with E-state index in [-0.39, 0.29) is 44.0 Å². The van der Waals surface area contributed by atoms with Crippen LogP contribution in [0.15, 0.2) is 44.8 Å². The van der Waals surface area contributed by atoms with Gasteiger partial charge in [0, 0.05) is 26.7 Å². The fourth-order valence-electron chi connectivity index (χ4n) is 3.20. The molecule has 2 aromatic carbocycles. The van der Waals surface area contributed by atoms with Crippen molar-refractivity contribution in [3.05, 3.63) is 62.6 Å². The molecule has 0 aliphatic carbocycles. The molecule has 0 spiro atoms. The minimum absolute atomic E-state index is 0.00582. The molecule has 0 amide bonds. The highest BCUT2D eigenvalue weighted by Gasteiger charge is 2.39. The quantitative estimate of drug-likeness (QED) is 0.309. The van der Waals surface area contributed by atoms with Crippen LogP contribution in [0, 0.1) is 5.82 Å². The summed E-state index contributed by atoms with van der Waals surface area (Å²) in [6.07, 6.45) is -4.79. The molecule has 0 bridgehead atoms. The zero-order valence-electron chi connectivity index (χ0n) is 15.0. The van der Waals surface area contributed by atoms with Crippen molar-refractivity contribution in [3.63, 3.8) is 0 Å². The van der Waals surface area contributed by atoms with Gasteiger partial charge in [0.05, 0.1) is 23.1 Å². The van der Waals surface area contributed by atoms with Crippen molar-refractivity contribution in [2.24, 2.45) is 0 Å². The molecule has 1 aromatic heterocycles. The number of H-pyrrole nitrogens is 2. The Morgan fingerprint density at radius 3 is 2.40 bits per heavy atom. The van der Waals surface area contributed by atoms with Crippen LogP contribution in [0.1, 0.15) is 5.56 Å². The number of aromatic amines is 2. The van der Waals surface area contributed by atoms with E-state index < -0.39 is 28.8 Å². The Balaban J connectivity index is 2.00. The van der Waals surface area contributed by atoms with E-state index >= 15 is 0 Å². The van der Waals surface area contributed by atoms with Crippen LogP contribution in [0.3, 0.4) is 0 Å². The lowest BCUT2D eigenvalue weighted by Crippen LogP contribution is -2.23. The van der Waals surface area contributed by atoms with E-state index in [1.165, 1.54) is 23.9 Å². The van der Waals surface area contributed by atoms with Crippen molar-refractivity contribution in [1.29, 1.82) is 0 Å². The molecule has 2 heterocycles. The number of thioether (sulfide) groups is 2. The Morgan fingerprint density at radius 2 is 1.80 bits per heavy atom. The normalized spacial score (nSPS) is 18.7. The van der Waals surface area contributed by atoms with Gasteiger partial charge in [-0.3, -0.25) is 9.78 Å². The molecule has 2 unspecified atom stereocenters. The van der Waals surface area contributed by atoms with Gasteiger partial charge >= 0.3 is 11.9 Å². The number of halogens is 4. The number of aromatic nitrogens is 2. The van der Waals surface area contributed by atoms with Gasteiger partial charge in [-0.25, -0.2) is 9.18 Å². The van der Waals surface area contributed by atoms with Crippen LogP contribution >= 0.6 is 23.5 Å². The molecule has 0 radical (unpaired) electrons. The molecule has 1 saturated heterocycles. The Hall–Kier alpha value is -2.24. The monoisotopic (exact) mass is 458 g/mol. The largest absolute Gasteiger partial charge is 0.417 e. The first-order valence-electron chi connectivity index (χ1n) is 8.74. The lowest BCUT2D eigenvalue weighted by molar-refractivity contribution is -0.137. The summed E-state index contributed by atoms with van der Waals surface area (Å²) in [6.45, 7) is -0.0411. The first-order valence-corrected chi connectivity index (χ1v) is 10.7. The molecule has 1 aliphatic heterocycles. The number of nitrogens with one attached hydrogen (secondary N) is 2. The lowest BCUT2D eigenvalue weighted by Gasteiger charge is -2.19. The summed E-state index contributed by atoms with van der Waals surface area (Å²) in [4.78, 5) is 28.6. The van der Waals surface area contributed by atoms with Crippen molar-refractivity contribution in [3.8, 4) is 11.1 Å². The summed E-state index contributed by atoms with van der Waals surface area (Å²) >= 11 is 2.56. The van der Waals surface area contributed by atoms with Crippen LogP contribution in [0.25, 0.3) is 22.0 Å². The molecule has 2 atom stereocenters. The predicted octanol–water partition coefficient (Wildman–Crippen LogP) is 3.61. The van der Waals surface area contributed by atoms with Crippen molar-refractivity contribution in [2.45, 2.75) is 21.6 Å². The smallest absolute Gasteiger partial charge is 0.395 e. The van der Waals surface area contributed by atoms with Crippen molar-refractivity contribution in [1.82, 2.24) is 9.97 Å². The van der Waals surface area contributed by atoms with Gasteiger partial charge in [0.2, 0.25) is 0 Å². The molecule has 3 N–H and O–H groups in total. The lowest BCUT2D eigenvalue weighted by atomic mass is 9.97. The van der Waals surface area contributed by atoms with E-state index in [1.807, 2.05) is 4.98 Å². The summed E-state index contributed by atoms with van der Waals surface area (Å²) in [5.41, 5.74) is -2.95. The molecule has 5 nitrogen and oxygen atoms in total. The second-order valence-electron chi connectivity index (χ2n) is 6.67. The molecule has 4 rings (SSSR count). The molecular weight excluding hydrogens is 444 g/mol. The molecule has 1 fully saturated rings. The fourth-order valence-corrected chi connectivity index (χ4v) is 5.71. The van der Waals surface area contributed by atoms with E-state index in [2.05, 4.69) is 4.98 Å². The van der Waals surface area contributed by atoms with Gasteiger partial charge in [0.1, 0.15) is 5.82 Å². The van der Waals surface area contributed by atoms with E-state index in [1.54, 1.807) is 0 Å². The number of rotatable bonds is 5. The number of benzene rings is 2. The first kappa shape index (κ1) is 21.0. The zero-order chi connectivity index (χ0) is 21.6. The van der Waals surface area contributed by atoms with Gasteiger partial charge in [-0.05, 0) is 23.8 Å².